The number of aromatic amines is 1. The fraction of sp³-hybridized carbons (Fsp3) is 0.333. The van der Waals surface area contributed by atoms with E-state index in [2.05, 4.69) is 20.2 Å². The number of aryl methyl sites for hydroxylation is 1. The smallest absolute Gasteiger partial charge is 0.254 e. The first-order valence-corrected chi connectivity index (χ1v) is 8.26. The van der Waals surface area contributed by atoms with Crippen LogP contribution in [0.4, 0.5) is 0 Å². The average molecular weight is 321 g/mol. The quantitative estimate of drug-likeness (QED) is 0.787. The van der Waals surface area contributed by atoms with Gasteiger partial charge in [0.15, 0.2) is 0 Å². The Morgan fingerprint density at radius 1 is 1.25 bits per heavy atom. The molecule has 1 amide bonds. The molecule has 0 unspecified atom stereocenters. The summed E-state index contributed by atoms with van der Waals surface area (Å²) in [7, 11) is 0. The highest BCUT2D eigenvalue weighted by atomic mass is 16.2. The van der Waals surface area contributed by atoms with Crippen molar-refractivity contribution in [3.8, 4) is 0 Å². The van der Waals surface area contributed by atoms with Crippen LogP contribution >= 0.6 is 0 Å². The number of nitrogens with one attached hydrogen (secondary N) is 1. The molecule has 1 N–H and O–H groups in total. The first-order valence-electron chi connectivity index (χ1n) is 8.26. The largest absolute Gasteiger partial charge is 0.328 e. The van der Waals surface area contributed by atoms with Gasteiger partial charge >= 0.3 is 0 Å². The molecule has 0 spiro atoms. The minimum absolute atomic E-state index is 0.0272. The Hall–Kier alpha value is -2.76. The second-order valence-electron chi connectivity index (χ2n) is 6.24. The van der Waals surface area contributed by atoms with Gasteiger partial charge in [0.1, 0.15) is 12.2 Å². The molecule has 4 rings (SSSR count). The van der Waals surface area contributed by atoms with Crippen LogP contribution < -0.4 is 0 Å². The fourth-order valence-electron chi connectivity index (χ4n) is 3.36. The predicted molar refractivity (Wildman–Crippen MR) is 90.5 cm³/mol. The van der Waals surface area contributed by atoms with Crippen LogP contribution in [0.25, 0.3) is 10.9 Å². The molecule has 0 aliphatic carbocycles. The number of fused-ring (bicyclic) bond motifs is 1. The third kappa shape index (κ3) is 2.64. The normalized spacial score (nSPS) is 18.0. The Bertz CT molecular complexity index is 874. The summed E-state index contributed by atoms with van der Waals surface area (Å²) in [5.41, 5.74) is 2.58. The van der Waals surface area contributed by atoms with Crippen LogP contribution in [-0.2, 0) is 0 Å². The molecule has 1 fully saturated rings. The number of carbonyl (C=O) groups is 1. The molecule has 122 valence electrons. The number of rotatable bonds is 2. The van der Waals surface area contributed by atoms with Crippen LogP contribution in [0.3, 0.4) is 0 Å². The number of carbonyl (C=O) groups excluding carboxylic acids is 1. The lowest BCUT2D eigenvalue weighted by atomic mass is 9.99. The highest BCUT2D eigenvalue weighted by Crippen LogP contribution is 2.30. The molecule has 1 atom stereocenters. The molecule has 2 aromatic heterocycles. The first-order chi connectivity index (χ1) is 11.7. The van der Waals surface area contributed by atoms with E-state index in [1.807, 2.05) is 42.2 Å². The maximum atomic E-state index is 13.1. The predicted octanol–water partition coefficient (Wildman–Crippen LogP) is 3.03. The molecule has 0 radical (unpaired) electrons. The number of H-pyrrole nitrogens is 1. The van der Waals surface area contributed by atoms with Crippen molar-refractivity contribution in [2.75, 3.05) is 6.54 Å². The van der Waals surface area contributed by atoms with E-state index in [1.165, 1.54) is 6.33 Å². The lowest BCUT2D eigenvalue weighted by Gasteiger charge is -2.34. The van der Waals surface area contributed by atoms with Crippen LogP contribution in [0.1, 0.15) is 47.2 Å². The van der Waals surface area contributed by atoms with Crippen molar-refractivity contribution in [3.63, 3.8) is 0 Å². The minimum Gasteiger partial charge on any atom is -0.328 e. The Balaban J connectivity index is 1.67. The average Bonchev–Trinajstić information content (AvgIpc) is 3.15. The molecular weight excluding hydrogens is 302 g/mol. The maximum absolute atomic E-state index is 13.1. The molecule has 0 bridgehead atoms. The number of pyridine rings is 1. The molecule has 1 aromatic carbocycles. The van der Waals surface area contributed by atoms with E-state index in [9.17, 15) is 4.79 Å². The lowest BCUT2D eigenvalue weighted by Crippen LogP contribution is -2.39. The van der Waals surface area contributed by atoms with E-state index in [4.69, 9.17) is 0 Å². The van der Waals surface area contributed by atoms with Gasteiger partial charge in [0.05, 0.1) is 11.6 Å². The number of aromatic nitrogens is 4. The Labute approximate surface area is 139 Å². The third-order valence-electron chi connectivity index (χ3n) is 4.59. The van der Waals surface area contributed by atoms with Crippen molar-refractivity contribution < 1.29 is 4.79 Å². The van der Waals surface area contributed by atoms with Crippen molar-refractivity contribution in [2.45, 2.75) is 32.2 Å². The maximum Gasteiger partial charge on any atom is 0.254 e. The monoisotopic (exact) mass is 321 g/mol. The van der Waals surface area contributed by atoms with Crippen LogP contribution in [-0.4, -0.2) is 37.5 Å². The van der Waals surface area contributed by atoms with Crippen LogP contribution in [0, 0.1) is 6.92 Å². The van der Waals surface area contributed by atoms with Gasteiger partial charge in [0.25, 0.3) is 5.91 Å². The first kappa shape index (κ1) is 14.8. The van der Waals surface area contributed by atoms with Gasteiger partial charge < -0.3 is 4.90 Å². The van der Waals surface area contributed by atoms with E-state index < -0.39 is 0 Å². The summed E-state index contributed by atoms with van der Waals surface area (Å²) in [6.45, 7) is 2.71. The summed E-state index contributed by atoms with van der Waals surface area (Å²) in [5, 5.41) is 7.83. The van der Waals surface area contributed by atoms with E-state index in [0.29, 0.717) is 5.56 Å². The molecule has 1 aliphatic rings. The summed E-state index contributed by atoms with van der Waals surface area (Å²) in [5.74, 6) is 0.805. The zero-order valence-electron chi connectivity index (χ0n) is 13.6. The Morgan fingerprint density at radius 3 is 3.00 bits per heavy atom. The lowest BCUT2D eigenvalue weighted by molar-refractivity contribution is 0.0600. The van der Waals surface area contributed by atoms with Gasteiger partial charge in [-0.2, -0.15) is 5.10 Å². The SMILES string of the molecule is Cc1ccc2cc(C(=O)N3CCCC[C@H]3c3ncn[nH]3)ccc2n1. The molecule has 24 heavy (non-hydrogen) atoms. The van der Waals surface area contributed by atoms with Crippen LogP contribution in [0.2, 0.25) is 0 Å². The Morgan fingerprint density at radius 2 is 2.17 bits per heavy atom. The standard InChI is InChI=1S/C18H19N5O/c1-12-5-6-13-10-14(7-8-15(13)21-12)18(24)23-9-3-2-4-16(23)17-19-11-20-22-17/h5-8,10-11,16H,2-4,9H2,1H3,(H,19,20,22)/t16-/m0/s1. The van der Waals surface area contributed by atoms with Crippen molar-refractivity contribution in [2.24, 2.45) is 0 Å². The van der Waals surface area contributed by atoms with Crippen molar-refractivity contribution in [1.29, 1.82) is 0 Å². The Kier molecular flexibility index (Phi) is 3.72. The molecule has 6 heteroatoms. The van der Waals surface area contributed by atoms with Gasteiger partial charge in [-0.25, -0.2) is 4.98 Å². The summed E-state index contributed by atoms with van der Waals surface area (Å²) < 4.78 is 0. The van der Waals surface area contributed by atoms with E-state index >= 15 is 0 Å². The summed E-state index contributed by atoms with van der Waals surface area (Å²) in [6.07, 6.45) is 4.52. The molecule has 6 nitrogen and oxygen atoms in total. The van der Waals surface area contributed by atoms with Crippen molar-refractivity contribution in [3.05, 3.63) is 53.7 Å². The van der Waals surface area contributed by atoms with Crippen LogP contribution in [0.15, 0.2) is 36.7 Å². The van der Waals surface area contributed by atoms with E-state index in [1.54, 1.807) is 0 Å². The number of likely N-dealkylation sites (tertiary alicyclic amines) is 1. The molecule has 3 heterocycles. The van der Waals surface area contributed by atoms with Gasteiger partial charge in [0.2, 0.25) is 0 Å². The van der Waals surface area contributed by atoms with Gasteiger partial charge in [-0.05, 0) is 50.5 Å². The second-order valence-corrected chi connectivity index (χ2v) is 6.24. The summed E-state index contributed by atoms with van der Waals surface area (Å²) in [6, 6.07) is 9.66. The number of nitrogens with zero attached hydrogens (tertiary/aromatic N) is 4. The molecule has 1 saturated heterocycles. The fourth-order valence-corrected chi connectivity index (χ4v) is 3.36. The number of benzene rings is 1. The van der Waals surface area contributed by atoms with Crippen molar-refractivity contribution >= 4 is 16.8 Å². The van der Waals surface area contributed by atoms with Gasteiger partial charge in [0, 0.05) is 23.2 Å². The number of piperidine rings is 1. The number of amides is 1. The molecule has 0 saturated carbocycles. The topological polar surface area (TPSA) is 74.8 Å². The summed E-state index contributed by atoms with van der Waals surface area (Å²) >= 11 is 0. The third-order valence-corrected chi connectivity index (χ3v) is 4.59. The van der Waals surface area contributed by atoms with E-state index in [0.717, 1.165) is 48.2 Å². The van der Waals surface area contributed by atoms with Gasteiger partial charge in [-0.1, -0.05) is 6.07 Å². The van der Waals surface area contributed by atoms with Crippen molar-refractivity contribution in [1.82, 2.24) is 25.1 Å². The number of hydrogen-bond donors (Lipinski definition) is 1. The van der Waals surface area contributed by atoms with E-state index in [-0.39, 0.29) is 11.9 Å². The van der Waals surface area contributed by atoms with Crippen LogP contribution in [0.5, 0.6) is 0 Å². The number of hydrogen-bond acceptors (Lipinski definition) is 4. The highest BCUT2D eigenvalue weighted by molar-refractivity contribution is 5.98. The molecule has 3 aromatic rings. The molecule has 1 aliphatic heterocycles. The van der Waals surface area contributed by atoms with Gasteiger partial charge in [-0.15, -0.1) is 0 Å². The van der Waals surface area contributed by atoms with Gasteiger partial charge in [-0.3, -0.25) is 14.9 Å². The summed E-state index contributed by atoms with van der Waals surface area (Å²) in [4.78, 5) is 23.7. The zero-order valence-corrected chi connectivity index (χ0v) is 13.6. The highest BCUT2D eigenvalue weighted by Gasteiger charge is 2.30. The molecular formula is C18H19N5O. The minimum atomic E-state index is -0.0272. The zero-order chi connectivity index (χ0) is 16.5. The second kappa shape index (κ2) is 6.03.